The van der Waals surface area contributed by atoms with Gasteiger partial charge in [-0.3, -0.25) is 0 Å². The third kappa shape index (κ3) is 1.97. The molecule has 2 rings (SSSR count). The largest absolute Gasteiger partial charge is 0.197 e. The molecule has 0 heterocycles. The van der Waals surface area contributed by atoms with Crippen LogP contribution in [0.25, 0.3) is 0 Å². The quantitative estimate of drug-likeness (QED) is 0.692. The molecule has 1 saturated carbocycles. The van der Waals surface area contributed by atoms with Crippen LogP contribution < -0.4 is 0 Å². The fourth-order valence-electron chi connectivity index (χ4n) is 2.66. The zero-order chi connectivity index (χ0) is 11.6. The van der Waals surface area contributed by atoms with Crippen molar-refractivity contribution in [2.24, 2.45) is 5.92 Å². The van der Waals surface area contributed by atoms with Gasteiger partial charge in [0.1, 0.15) is 0 Å². The topological polar surface area (TPSA) is 23.8 Å². The molecule has 16 heavy (non-hydrogen) atoms. The molecule has 84 valence electrons. The average Bonchev–Trinajstić information content (AvgIpc) is 2.31. The van der Waals surface area contributed by atoms with Gasteiger partial charge < -0.3 is 0 Å². The van der Waals surface area contributed by atoms with Crippen molar-refractivity contribution in [1.29, 1.82) is 5.26 Å². The van der Waals surface area contributed by atoms with E-state index in [1.807, 2.05) is 0 Å². The molecule has 0 bridgehead atoms. The lowest BCUT2D eigenvalue weighted by Gasteiger charge is -2.34. The predicted octanol–water partition coefficient (Wildman–Crippen LogP) is 3.97. The number of hydrogen-bond donors (Lipinski definition) is 0. The molecule has 0 spiro atoms. The Morgan fingerprint density at radius 1 is 1.31 bits per heavy atom. The van der Waals surface area contributed by atoms with Gasteiger partial charge in [-0.15, -0.1) is 0 Å². The van der Waals surface area contributed by atoms with E-state index in [9.17, 15) is 5.26 Å². The molecule has 0 saturated heterocycles. The third-order valence-electron chi connectivity index (χ3n) is 3.91. The van der Waals surface area contributed by atoms with Crippen LogP contribution in [-0.4, -0.2) is 0 Å². The van der Waals surface area contributed by atoms with Gasteiger partial charge in [-0.05, 0) is 44.1 Å². The first kappa shape index (κ1) is 11.2. The number of benzene rings is 1. The minimum atomic E-state index is -0.210. The van der Waals surface area contributed by atoms with Crippen molar-refractivity contribution in [2.45, 2.75) is 44.9 Å². The van der Waals surface area contributed by atoms with Crippen molar-refractivity contribution in [2.75, 3.05) is 0 Å². The SMILES string of the molecule is Cc1cccc(C2(C#N)CCC(C)CC2)c1. The average molecular weight is 213 g/mol. The molecule has 0 radical (unpaired) electrons. The van der Waals surface area contributed by atoms with Gasteiger partial charge in [-0.1, -0.05) is 36.8 Å². The van der Waals surface area contributed by atoms with E-state index in [0.29, 0.717) is 0 Å². The highest BCUT2D eigenvalue weighted by atomic mass is 14.4. The van der Waals surface area contributed by atoms with Crippen LogP contribution in [0.4, 0.5) is 0 Å². The number of nitriles is 1. The maximum absolute atomic E-state index is 9.52. The van der Waals surface area contributed by atoms with E-state index in [1.54, 1.807) is 0 Å². The molecule has 1 nitrogen and oxygen atoms in total. The predicted molar refractivity (Wildman–Crippen MR) is 66.1 cm³/mol. The molecule has 0 unspecified atom stereocenters. The molecule has 1 fully saturated rings. The van der Waals surface area contributed by atoms with Crippen LogP contribution in [0.1, 0.15) is 43.7 Å². The summed E-state index contributed by atoms with van der Waals surface area (Å²) in [7, 11) is 0. The molecule has 0 N–H and O–H groups in total. The second kappa shape index (κ2) is 4.29. The van der Waals surface area contributed by atoms with Gasteiger partial charge in [0.25, 0.3) is 0 Å². The summed E-state index contributed by atoms with van der Waals surface area (Å²) >= 11 is 0. The maximum atomic E-state index is 9.52. The lowest BCUT2D eigenvalue weighted by Crippen LogP contribution is -2.29. The third-order valence-corrected chi connectivity index (χ3v) is 3.91. The zero-order valence-electron chi connectivity index (χ0n) is 10.2. The Kier molecular flexibility index (Phi) is 3.01. The van der Waals surface area contributed by atoms with E-state index in [1.165, 1.54) is 24.0 Å². The normalized spacial score (nSPS) is 29.7. The van der Waals surface area contributed by atoms with Gasteiger partial charge in [-0.2, -0.15) is 5.26 Å². The van der Waals surface area contributed by atoms with Crippen LogP contribution in [0, 0.1) is 24.2 Å². The van der Waals surface area contributed by atoms with Crippen molar-refractivity contribution < 1.29 is 0 Å². The molecule has 1 heteroatoms. The monoisotopic (exact) mass is 213 g/mol. The van der Waals surface area contributed by atoms with Crippen LogP contribution in [0.15, 0.2) is 24.3 Å². The lowest BCUT2D eigenvalue weighted by atomic mass is 9.68. The molecule has 0 amide bonds. The second-order valence-electron chi connectivity index (χ2n) is 5.25. The number of rotatable bonds is 1. The molecular weight excluding hydrogens is 194 g/mol. The zero-order valence-corrected chi connectivity index (χ0v) is 10.2. The Bertz CT molecular complexity index is 406. The fraction of sp³-hybridized carbons (Fsp3) is 0.533. The molecular formula is C15H19N. The van der Waals surface area contributed by atoms with Crippen molar-refractivity contribution in [3.63, 3.8) is 0 Å². The maximum Gasteiger partial charge on any atom is 0.0822 e. The summed E-state index contributed by atoms with van der Waals surface area (Å²) in [6.07, 6.45) is 4.41. The molecule has 1 aromatic carbocycles. The van der Waals surface area contributed by atoms with E-state index >= 15 is 0 Å². The minimum absolute atomic E-state index is 0.210. The van der Waals surface area contributed by atoms with Crippen molar-refractivity contribution in [3.05, 3.63) is 35.4 Å². The van der Waals surface area contributed by atoms with Gasteiger partial charge in [0.05, 0.1) is 11.5 Å². The molecule has 1 aromatic rings. The van der Waals surface area contributed by atoms with E-state index in [4.69, 9.17) is 0 Å². The van der Waals surface area contributed by atoms with E-state index in [0.717, 1.165) is 18.8 Å². The molecule has 0 aromatic heterocycles. The van der Waals surface area contributed by atoms with Crippen molar-refractivity contribution in [3.8, 4) is 6.07 Å². The smallest absolute Gasteiger partial charge is 0.0822 e. The fourth-order valence-corrected chi connectivity index (χ4v) is 2.66. The van der Waals surface area contributed by atoms with E-state index < -0.39 is 0 Å². The highest BCUT2D eigenvalue weighted by molar-refractivity contribution is 5.35. The molecule has 1 aliphatic carbocycles. The summed E-state index contributed by atoms with van der Waals surface area (Å²) in [6.45, 7) is 4.39. The van der Waals surface area contributed by atoms with Gasteiger partial charge >= 0.3 is 0 Å². The van der Waals surface area contributed by atoms with Gasteiger partial charge in [0.15, 0.2) is 0 Å². The second-order valence-corrected chi connectivity index (χ2v) is 5.25. The highest BCUT2D eigenvalue weighted by Gasteiger charge is 2.35. The Morgan fingerprint density at radius 2 is 2.00 bits per heavy atom. The summed E-state index contributed by atoms with van der Waals surface area (Å²) < 4.78 is 0. The highest BCUT2D eigenvalue weighted by Crippen LogP contribution is 2.41. The lowest BCUT2D eigenvalue weighted by molar-refractivity contribution is 0.294. The summed E-state index contributed by atoms with van der Waals surface area (Å²) in [5, 5.41) is 9.52. The van der Waals surface area contributed by atoms with Crippen LogP contribution in [-0.2, 0) is 5.41 Å². The number of nitrogens with zero attached hydrogens (tertiary/aromatic N) is 1. The Hall–Kier alpha value is -1.29. The minimum Gasteiger partial charge on any atom is -0.197 e. The molecule has 0 aliphatic heterocycles. The Morgan fingerprint density at radius 3 is 2.56 bits per heavy atom. The van der Waals surface area contributed by atoms with E-state index in [2.05, 4.69) is 44.2 Å². The number of aryl methyl sites for hydroxylation is 1. The van der Waals surface area contributed by atoms with Crippen molar-refractivity contribution in [1.82, 2.24) is 0 Å². The first-order valence-corrected chi connectivity index (χ1v) is 6.15. The summed E-state index contributed by atoms with van der Waals surface area (Å²) in [4.78, 5) is 0. The number of hydrogen-bond acceptors (Lipinski definition) is 1. The van der Waals surface area contributed by atoms with Crippen LogP contribution in [0.5, 0.6) is 0 Å². The van der Waals surface area contributed by atoms with Gasteiger partial charge in [0, 0.05) is 0 Å². The van der Waals surface area contributed by atoms with Crippen LogP contribution in [0.2, 0.25) is 0 Å². The molecule has 0 atom stereocenters. The summed E-state index contributed by atoms with van der Waals surface area (Å²) in [5.74, 6) is 0.784. The van der Waals surface area contributed by atoms with E-state index in [-0.39, 0.29) is 5.41 Å². The van der Waals surface area contributed by atoms with Gasteiger partial charge in [-0.25, -0.2) is 0 Å². The summed E-state index contributed by atoms with van der Waals surface area (Å²) in [5.41, 5.74) is 2.27. The molecule has 1 aliphatic rings. The Labute approximate surface area is 98.1 Å². The van der Waals surface area contributed by atoms with Crippen LogP contribution >= 0.6 is 0 Å². The van der Waals surface area contributed by atoms with Crippen LogP contribution in [0.3, 0.4) is 0 Å². The standard InChI is InChI=1S/C15H19N/c1-12-6-8-15(11-16,9-7-12)14-5-3-4-13(2)10-14/h3-5,10,12H,6-9H2,1-2H3. The first-order valence-electron chi connectivity index (χ1n) is 6.15. The Balaban J connectivity index is 2.32. The summed E-state index contributed by atoms with van der Waals surface area (Å²) in [6, 6.07) is 11.0. The van der Waals surface area contributed by atoms with Gasteiger partial charge in [0.2, 0.25) is 0 Å². The van der Waals surface area contributed by atoms with Crippen molar-refractivity contribution >= 4 is 0 Å². The first-order chi connectivity index (χ1) is 7.66.